The van der Waals surface area contributed by atoms with Gasteiger partial charge in [0.2, 0.25) is 0 Å². The Morgan fingerprint density at radius 1 is 1.57 bits per heavy atom. The largest absolute Gasteiger partial charge is 0.315 e. The van der Waals surface area contributed by atoms with Gasteiger partial charge in [-0.1, -0.05) is 6.07 Å². The fraction of sp³-hybridized carbons (Fsp3) is 0.545. The summed E-state index contributed by atoms with van der Waals surface area (Å²) in [4.78, 5) is 6.54. The predicted molar refractivity (Wildman–Crippen MR) is 57.3 cm³/mol. The lowest BCUT2D eigenvalue weighted by molar-refractivity contribution is 0.342. The first-order chi connectivity index (χ1) is 6.86. The number of nitrogens with one attached hydrogen (secondary N) is 1. The Balaban J connectivity index is 2.09. The van der Waals surface area contributed by atoms with Crippen LogP contribution < -0.4 is 5.32 Å². The molecule has 0 aromatic carbocycles. The molecule has 0 amide bonds. The lowest BCUT2D eigenvalue weighted by Crippen LogP contribution is -2.24. The van der Waals surface area contributed by atoms with Crippen LogP contribution in [0.3, 0.4) is 0 Å². The van der Waals surface area contributed by atoms with Crippen LogP contribution >= 0.6 is 0 Å². The molecule has 14 heavy (non-hydrogen) atoms. The maximum absolute atomic E-state index is 4.17. The molecule has 3 nitrogen and oxygen atoms in total. The van der Waals surface area contributed by atoms with Gasteiger partial charge in [0.1, 0.15) is 0 Å². The average molecular weight is 191 g/mol. The molecule has 2 rings (SSSR count). The quantitative estimate of drug-likeness (QED) is 0.708. The highest BCUT2D eigenvalue weighted by atomic mass is 15.1. The maximum Gasteiger partial charge on any atom is 0.0303 e. The molecular weight excluding hydrogens is 174 g/mol. The molecule has 3 heteroatoms. The number of rotatable bonds is 1. The van der Waals surface area contributed by atoms with Crippen molar-refractivity contribution in [3.8, 4) is 0 Å². The second-order valence-electron chi connectivity index (χ2n) is 3.95. The van der Waals surface area contributed by atoms with E-state index in [0.717, 1.165) is 26.2 Å². The third-order valence-electron chi connectivity index (χ3n) is 2.75. The van der Waals surface area contributed by atoms with Gasteiger partial charge in [-0.05, 0) is 18.7 Å². The van der Waals surface area contributed by atoms with E-state index >= 15 is 0 Å². The van der Waals surface area contributed by atoms with E-state index in [2.05, 4.69) is 28.3 Å². The Labute approximate surface area is 85.1 Å². The van der Waals surface area contributed by atoms with Gasteiger partial charge in [-0.25, -0.2) is 0 Å². The van der Waals surface area contributed by atoms with E-state index in [1.54, 1.807) is 0 Å². The molecule has 2 heterocycles. The second kappa shape index (κ2) is 4.53. The first-order valence-electron chi connectivity index (χ1n) is 5.15. The molecule has 0 aliphatic carbocycles. The summed E-state index contributed by atoms with van der Waals surface area (Å²) >= 11 is 0. The van der Waals surface area contributed by atoms with Crippen molar-refractivity contribution in [3.63, 3.8) is 0 Å². The molecule has 1 unspecified atom stereocenters. The van der Waals surface area contributed by atoms with Crippen LogP contribution in [0.25, 0.3) is 0 Å². The van der Waals surface area contributed by atoms with Gasteiger partial charge < -0.3 is 10.2 Å². The summed E-state index contributed by atoms with van der Waals surface area (Å²) in [7, 11) is 2.18. The van der Waals surface area contributed by atoms with Gasteiger partial charge in [0.25, 0.3) is 0 Å². The van der Waals surface area contributed by atoms with E-state index in [0.29, 0.717) is 5.92 Å². The molecule has 0 bridgehead atoms. The van der Waals surface area contributed by atoms with Crippen LogP contribution in [0.15, 0.2) is 24.5 Å². The Morgan fingerprint density at radius 3 is 3.29 bits per heavy atom. The van der Waals surface area contributed by atoms with Crippen molar-refractivity contribution < 1.29 is 0 Å². The van der Waals surface area contributed by atoms with Gasteiger partial charge >= 0.3 is 0 Å². The number of aromatic nitrogens is 1. The summed E-state index contributed by atoms with van der Waals surface area (Å²) < 4.78 is 0. The minimum atomic E-state index is 0.580. The number of pyridine rings is 1. The first-order valence-corrected chi connectivity index (χ1v) is 5.15. The van der Waals surface area contributed by atoms with Gasteiger partial charge in [-0.15, -0.1) is 0 Å². The summed E-state index contributed by atoms with van der Waals surface area (Å²) in [5, 5.41) is 3.46. The highest BCUT2D eigenvalue weighted by Crippen LogP contribution is 2.15. The minimum absolute atomic E-state index is 0.580. The van der Waals surface area contributed by atoms with Gasteiger partial charge in [0.15, 0.2) is 0 Å². The van der Waals surface area contributed by atoms with Crippen molar-refractivity contribution in [2.75, 3.05) is 33.2 Å². The van der Waals surface area contributed by atoms with Crippen LogP contribution in [0.4, 0.5) is 0 Å². The molecule has 0 spiro atoms. The summed E-state index contributed by atoms with van der Waals surface area (Å²) in [6, 6.07) is 4.18. The average Bonchev–Trinajstić information content (AvgIpc) is 2.44. The lowest BCUT2D eigenvalue weighted by Gasteiger charge is -2.19. The molecule has 0 radical (unpaired) electrons. The van der Waals surface area contributed by atoms with Crippen LogP contribution in [0, 0.1) is 0 Å². The van der Waals surface area contributed by atoms with Crippen molar-refractivity contribution in [3.05, 3.63) is 30.1 Å². The topological polar surface area (TPSA) is 28.2 Å². The third-order valence-corrected chi connectivity index (χ3v) is 2.75. The highest BCUT2D eigenvalue weighted by molar-refractivity contribution is 5.16. The fourth-order valence-electron chi connectivity index (χ4n) is 1.92. The zero-order valence-electron chi connectivity index (χ0n) is 8.61. The standard InChI is InChI=1S/C11H17N3/c1-14-6-5-13-8-11(9-14)10-3-2-4-12-7-10/h2-4,7,11,13H,5-6,8-9H2,1H3. The molecule has 1 saturated heterocycles. The molecule has 1 aromatic rings. The van der Waals surface area contributed by atoms with Crippen LogP contribution in [-0.4, -0.2) is 43.1 Å². The van der Waals surface area contributed by atoms with Crippen LogP contribution in [0.5, 0.6) is 0 Å². The second-order valence-corrected chi connectivity index (χ2v) is 3.95. The highest BCUT2D eigenvalue weighted by Gasteiger charge is 2.16. The van der Waals surface area contributed by atoms with Crippen LogP contribution in [0.1, 0.15) is 11.5 Å². The summed E-state index contributed by atoms with van der Waals surface area (Å²) in [5.41, 5.74) is 1.34. The summed E-state index contributed by atoms with van der Waals surface area (Å²) in [6.45, 7) is 4.42. The zero-order valence-corrected chi connectivity index (χ0v) is 8.61. The van der Waals surface area contributed by atoms with E-state index in [1.807, 2.05) is 18.5 Å². The molecule has 1 atom stereocenters. The molecule has 1 N–H and O–H groups in total. The Hall–Kier alpha value is -0.930. The molecule has 76 valence electrons. The van der Waals surface area contributed by atoms with Crippen LogP contribution in [0.2, 0.25) is 0 Å². The number of nitrogens with zero attached hydrogens (tertiary/aromatic N) is 2. The minimum Gasteiger partial charge on any atom is -0.315 e. The van der Waals surface area contributed by atoms with Crippen LogP contribution in [-0.2, 0) is 0 Å². The Kier molecular flexibility index (Phi) is 3.11. The van der Waals surface area contributed by atoms with Gasteiger partial charge in [0.05, 0.1) is 0 Å². The predicted octanol–water partition coefficient (Wildman–Crippen LogP) is 0.700. The number of likely N-dealkylation sites (N-methyl/N-ethyl adjacent to an activating group) is 1. The first kappa shape index (κ1) is 9.62. The van der Waals surface area contributed by atoms with Gasteiger partial charge in [-0.3, -0.25) is 4.98 Å². The van der Waals surface area contributed by atoms with E-state index < -0.39 is 0 Å². The normalized spacial score (nSPS) is 24.5. The lowest BCUT2D eigenvalue weighted by atomic mass is 10.0. The molecule has 1 aliphatic heterocycles. The molecule has 1 fully saturated rings. The molecule has 0 saturated carbocycles. The Morgan fingerprint density at radius 2 is 2.50 bits per heavy atom. The van der Waals surface area contributed by atoms with Crippen molar-refractivity contribution >= 4 is 0 Å². The maximum atomic E-state index is 4.17. The van der Waals surface area contributed by atoms with E-state index in [1.165, 1.54) is 5.56 Å². The van der Waals surface area contributed by atoms with Crippen molar-refractivity contribution in [2.45, 2.75) is 5.92 Å². The van der Waals surface area contributed by atoms with E-state index in [4.69, 9.17) is 0 Å². The summed E-state index contributed by atoms with van der Waals surface area (Å²) in [6.07, 6.45) is 3.81. The monoisotopic (exact) mass is 191 g/mol. The van der Waals surface area contributed by atoms with E-state index in [9.17, 15) is 0 Å². The van der Waals surface area contributed by atoms with Gasteiger partial charge in [0, 0.05) is 44.5 Å². The van der Waals surface area contributed by atoms with Crippen molar-refractivity contribution in [2.24, 2.45) is 0 Å². The Bertz CT molecular complexity index is 273. The number of hydrogen-bond acceptors (Lipinski definition) is 3. The molecule has 1 aliphatic rings. The molecular formula is C11H17N3. The van der Waals surface area contributed by atoms with Crippen molar-refractivity contribution in [1.82, 2.24) is 15.2 Å². The number of hydrogen-bond donors (Lipinski definition) is 1. The fourth-order valence-corrected chi connectivity index (χ4v) is 1.92. The van der Waals surface area contributed by atoms with Crippen molar-refractivity contribution in [1.29, 1.82) is 0 Å². The third kappa shape index (κ3) is 2.30. The zero-order chi connectivity index (χ0) is 9.80. The molecule has 1 aromatic heterocycles. The smallest absolute Gasteiger partial charge is 0.0303 e. The SMILES string of the molecule is CN1CCNCC(c2cccnc2)C1. The van der Waals surface area contributed by atoms with E-state index in [-0.39, 0.29) is 0 Å². The summed E-state index contributed by atoms with van der Waals surface area (Å²) in [5.74, 6) is 0.580. The van der Waals surface area contributed by atoms with Gasteiger partial charge in [-0.2, -0.15) is 0 Å².